The highest BCUT2D eigenvalue weighted by Crippen LogP contribution is 2.37. The van der Waals surface area contributed by atoms with Crippen LogP contribution < -0.4 is 10.2 Å². The van der Waals surface area contributed by atoms with Gasteiger partial charge in [-0.25, -0.2) is 0 Å². The Morgan fingerprint density at radius 2 is 1.97 bits per heavy atom. The molecule has 2 aromatic rings. The number of rotatable bonds is 4. The molecule has 30 heavy (non-hydrogen) atoms. The smallest absolute Gasteiger partial charge is 0.251 e. The third kappa shape index (κ3) is 4.27. The van der Waals surface area contributed by atoms with E-state index in [-0.39, 0.29) is 17.9 Å². The Bertz CT molecular complexity index is 958. The van der Waals surface area contributed by atoms with Gasteiger partial charge in [0.05, 0.1) is 18.0 Å². The second kappa shape index (κ2) is 8.84. The lowest BCUT2D eigenvalue weighted by Crippen LogP contribution is -2.43. The molecule has 0 aromatic heterocycles. The second-order valence-corrected chi connectivity index (χ2v) is 9.74. The van der Waals surface area contributed by atoms with E-state index in [2.05, 4.69) is 38.2 Å². The maximum Gasteiger partial charge on any atom is 0.251 e. The summed E-state index contributed by atoms with van der Waals surface area (Å²) in [7, 11) is 0. The minimum absolute atomic E-state index is 0.0392. The highest BCUT2D eigenvalue weighted by atomic mass is 32.2. The van der Waals surface area contributed by atoms with Gasteiger partial charge < -0.3 is 10.2 Å². The monoisotopic (exact) mass is 422 g/mol. The number of thioether (sulfide) groups is 1. The van der Waals surface area contributed by atoms with Crippen molar-refractivity contribution in [1.82, 2.24) is 5.32 Å². The first-order valence-corrected chi connectivity index (χ1v) is 11.8. The van der Waals surface area contributed by atoms with Crippen LogP contribution in [0.3, 0.4) is 0 Å². The molecule has 2 aromatic carbocycles. The summed E-state index contributed by atoms with van der Waals surface area (Å²) in [5.74, 6) is 1.59. The molecule has 5 heteroatoms. The molecular formula is C25H30N2O2S. The molecule has 1 fully saturated rings. The zero-order valence-electron chi connectivity index (χ0n) is 18.0. The maximum absolute atomic E-state index is 13.0. The fourth-order valence-corrected chi connectivity index (χ4v) is 5.43. The minimum Gasteiger partial charge on any atom is -0.349 e. The van der Waals surface area contributed by atoms with E-state index in [9.17, 15) is 9.59 Å². The lowest BCUT2D eigenvalue weighted by molar-refractivity contribution is -0.116. The van der Waals surface area contributed by atoms with Gasteiger partial charge in [0.2, 0.25) is 5.91 Å². The molecule has 4 nitrogen and oxygen atoms in total. The Balaban J connectivity index is 1.58. The van der Waals surface area contributed by atoms with Crippen LogP contribution in [0.25, 0.3) is 0 Å². The largest absolute Gasteiger partial charge is 0.349 e. The summed E-state index contributed by atoms with van der Waals surface area (Å²) < 4.78 is 0. The predicted molar refractivity (Wildman–Crippen MR) is 123 cm³/mol. The third-order valence-electron chi connectivity index (χ3n) is 6.78. The topological polar surface area (TPSA) is 49.4 Å². The van der Waals surface area contributed by atoms with Crippen molar-refractivity contribution in [1.29, 1.82) is 0 Å². The highest BCUT2D eigenvalue weighted by molar-refractivity contribution is 8.00. The molecule has 158 valence electrons. The number of benzene rings is 2. The number of aryl methyl sites for hydroxylation is 1. The Labute approximate surface area is 183 Å². The molecule has 1 heterocycles. The molecule has 3 atom stereocenters. The Morgan fingerprint density at radius 3 is 2.77 bits per heavy atom. The number of hydrogen-bond donors (Lipinski definition) is 1. The zero-order chi connectivity index (χ0) is 21.3. The van der Waals surface area contributed by atoms with Crippen molar-refractivity contribution in [2.24, 2.45) is 11.8 Å². The van der Waals surface area contributed by atoms with Gasteiger partial charge in [0, 0.05) is 16.5 Å². The molecule has 1 aliphatic heterocycles. The number of anilines is 1. The molecular weight excluding hydrogens is 392 g/mol. The molecule has 0 saturated heterocycles. The van der Waals surface area contributed by atoms with Gasteiger partial charge in [-0.05, 0) is 54.5 Å². The van der Waals surface area contributed by atoms with Crippen LogP contribution in [0.1, 0.15) is 54.6 Å². The standard InChI is InChI=1S/C25H30N2O2S/c1-16-8-6-10-21(18(16)3)26-25(29)19-11-12-23-22(13-19)27(24(28)15-30-23)14-20-9-5-4-7-17(20)2/h4-5,7,9,11-13,16,18,21H,6,8,10,14-15H2,1-3H3,(H,26,29). The first-order chi connectivity index (χ1) is 14.4. The summed E-state index contributed by atoms with van der Waals surface area (Å²) >= 11 is 1.55. The molecule has 2 amide bonds. The van der Waals surface area contributed by atoms with Crippen molar-refractivity contribution in [3.8, 4) is 0 Å². The molecule has 0 radical (unpaired) electrons. The summed E-state index contributed by atoms with van der Waals surface area (Å²) in [6.45, 7) is 7.10. The molecule has 0 spiro atoms. The van der Waals surface area contributed by atoms with Gasteiger partial charge in [-0.2, -0.15) is 0 Å². The number of nitrogens with one attached hydrogen (secondary N) is 1. The van der Waals surface area contributed by atoms with Gasteiger partial charge in [0.15, 0.2) is 0 Å². The van der Waals surface area contributed by atoms with Crippen molar-refractivity contribution in [2.75, 3.05) is 10.7 Å². The Morgan fingerprint density at radius 1 is 1.17 bits per heavy atom. The van der Waals surface area contributed by atoms with Crippen LogP contribution in [-0.2, 0) is 11.3 Å². The van der Waals surface area contributed by atoms with E-state index in [1.54, 1.807) is 11.8 Å². The van der Waals surface area contributed by atoms with Crippen LogP contribution in [0.5, 0.6) is 0 Å². The first-order valence-electron chi connectivity index (χ1n) is 10.9. The van der Waals surface area contributed by atoms with E-state index in [4.69, 9.17) is 0 Å². The van der Waals surface area contributed by atoms with Crippen molar-refractivity contribution < 1.29 is 9.59 Å². The summed E-state index contributed by atoms with van der Waals surface area (Å²) in [5.41, 5.74) is 3.77. The Kier molecular flexibility index (Phi) is 6.19. The molecule has 0 bridgehead atoms. The van der Waals surface area contributed by atoms with E-state index >= 15 is 0 Å². The molecule has 1 aliphatic carbocycles. The van der Waals surface area contributed by atoms with Crippen molar-refractivity contribution in [3.05, 3.63) is 59.2 Å². The minimum atomic E-state index is -0.0392. The van der Waals surface area contributed by atoms with Crippen molar-refractivity contribution >= 4 is 29.3 Å². The fourth-order valence-electron chi connectivity index (χ4n) is 4.51. The van der Waals surface area contributed by atoms with Crippen LogP contribution in [0, 0.1) is 18.8 Å². The molecule has 1 N–H and O–H groups in total. The zero-order valence-corrected chi connectivity index (χ0v) is 18.8. The molecule has 4 rings (SSSR count). The Hall–Kier alpha value is -2.27. The first kappa shape index (κ1) is 21.0. The average molecular weight is 423 g/mol. The van der Waals surface area contributed by atoms with Gasteiger partial charge >= 0.3 is 0 Å². The van der Waals surface area contributed by atoms with Gasteiger partial charge in [-0.1, -0.05) is 51.0 Å². The van der Waals surface area contributed by atoms with E-state index < -0.39 is 0 Å². The van der Waals surface area contributed by atoms with Gasteiger partial charge in [0.25, 0.3) is 5.91 Å². The summed E-state index contributed by atoms with van der Waals surface area (Å²) in [6.07, 6.45) is 3.44. The number of carbonyl (C=O) groups is 2. The maximum atomic E-state index is 13.0. The lowest BCUT2D eigenvalue weighted by atomic mass is 9.78. The van der Waals surface area contributed by atoms with Gasteiger partial charge in [-0.15, -0.1) is 11.8 Å². The molecule has 3 unspecified atom stereocenters. The van der Waals surface area contributed by atoms with E-state index in [1.807, 2.05) is 35.2 Å². The quantitative estimate of drug-likeness (QED) is 0.738. The van der Waals surface area contributed by atoms with Crippen LogP contribution in [0.15, 0.2) is 47.4 Å². The SMILES string of the molecule is Cc1ccccc1CN1C(=O)CSc2ccc(C(=O)NC3CCCC(C)C3C)cc21. The number of carbonyl (C=O) groups excluding carboxylic acids is 2. The molecule has 1 saturated carbocycles. The van der Waals surface area contributed by atoms with E-state index in [0.29, 0.717) is 29.7 Å². The van der Waals surface area contributed by atoms with Crippen molar-refractivity contribution in [3.63, 3.8) is 0 Å². The normalized spacial score (nSPS) is 23.8. The van der Waals surface area contributed by atoms with Crippen molar-refractivity contribution in [2.45, 2.75) is 57.5 Å². The van der Waals surface area contributed by atoms with Gasteiger partial charge in [0.1, 0.15) is 0 Å². The number of fused-ring (bicyclic) bond motifs is 1. The fraction of sp³-hybridized carbons (Fsp3) is 0.440. The average Bonchev–Trinajstić information content (AvgIpc) is 2.74. The lowest BCUT2D eigenvalue weighted by Gasteiger charge is -2.34. The molecule has 2 aliphatic rings. The summed E-state index contributed by atoms with van der Waals surface area (Å²) in [5, 5.41) is 3.26. The predicted octanol–water partition coefficient (Wildman–Crippen LogP) is 5.19. The van der Waals surface area contributed by atoms with E-state index in [0.717, 1.165) is 29.0 Å². The number of hydrogen-bond acceptors (Lipinski definition) is 3. The van der Waals surface area contributed by atoms with Crippen LogP contribution in [0.4, 0.5) is 5.69 Å². The summed E-state index contributed by atoms with van der Waals surface area (Å²) in [4.78, 5) is 28.7. The van der Waals surface area contributed by atoms with Crippen LogP contribution in [-0.4, -0.2) is 23.6 Å². The number of amides is 2. The number of nitrogens with zero attached hydrogens (tertiary/aromatic N) is 1. The van der Waals surface area contributed by atoms with Crippen LogP contribution >= 0.6 is 11.8 Å². The van der Waals surface area contributed by atoms with Crippen LogP contribution in [0.2, 0.25) is 0 Å². The van der Waals surface area contributed by atoms with Gasteiger partial charge in [-0.3, -0.25) is 9.59 Å². The highest BCUT2D eigenvalue weighted by Gasteiger charge is 2.30. The second-order valence-electron chi connectivity index (χ2n) is 8.72. The summed E-state index contributed by atoms with van der Waals surface area (Å²) in [6, 6.07) is 14.1. The van der Waals surface area contributed by atoms with E-state index in [1.165, 1.54) is 12.0 Å². The third-order valence-corrected chi connectivity index (χ3v) is 7.82.